The minimum absolute atomic E-state index is 0.137. The number of carbonyl (C=O) groups excluding carboxylic acids is 2. The maximum absolute atomic E-state index is 13.3. The van der Waals surface area contributed by atoms with Gasteiger partial charge in [-0.2, -0.15) is 4.31 Å². The Labute approximate surface area is 217 Å². The van der Waals surface area contributed by atoms with Crippen molar-refractivity contribution in [2.24, 2.45) is 0 Å². The number of nitrogens with zero attached hydrogens (tertiary/aromatic N) is 2. The van der Waals surface area contributed by atoms with Gasteiger partial charge in [-0.15, -0.1) is 0 Å². The summed E-state index contributed by atoms with van der Waals surface area (Å²) in [5.41, 5.74) is 4.24. The Morgan fingerprint density at radius 3 is 2.43 bits per heavy atom. The largest absolute Gasteiger partial charge is 0.497 e. The molecule has 0 unspecified atom stereocenters. The Morgan fingerprint density at radius 1 is 1.03 bits per heavy atom. The number of aryl methyl sites for hydroxylation is 2. The van der Waals surface area contributed by atoms with Crippen molar-refractivity contribution >= 4 is 33.2 Å². The molecule has 0 saturated carbocycles. The van der Waals surface area contributed by atoms with Crippen LogP contribution in [0.1, 0.15) is 34.0 Å². The van der Waals surface area contributed by atoms with Crippen molar-refractivity contribution in [1.82, 2.24) is 4.31 Å². The van der Waals surface area contributed by atoms with Gasteiger partial charge in [-0.05, 0) is 79.4 Å². The first-order valence-corrected chi connectivity index (χ1v) is 13.5. The molecule has 0 spiro atoms. The summed E-state index contributed by atoms with van der Waals surface area (Å²) in [6.07, 6.45) is 0.711. The van der Waals surface area contributed by atoms with Crippen molar-refractivity contribution in [2.75, 3.05) is 37.0 Å². The van der Waals surface area contributed by atoms with E-state index in [1.165, 1.54) is 0 Å². The van der Waals surface area contributed by atoms with Gasteiger partial charge in [0, 0.05) is 30.0 Å². The molecule has 2 amide bonds. The van der Waals surface area contributed by atoms with Gasteiger partial charge in [-0.1, -0.05) is 25.1 Å². The fourth-order valence-electron chi connectivity index (χ4n) is 4.41. The molecule has 0 fully saturated rings. The SMILES string of the molecule is CCN(CC(=O)Nc1ccc2c(c1)N(C(=O)c1ccc(OC)cc1)CC2)S(=O)(=O)c1cc(C)ccc1C. The van der Waals surface area contributed by atoms with Crippen molar-refractivity contribution in [3.8, 4) is 5.75 Å². The summed E-state index contributed by atoms with van der Waals surface area (Å²) in [6, 6.07) is 17.6. The van der Waals surface area contributed by atoms with Crippen molar-refractivity contribution < 1.29 is 22.7 Å². The van der Waals surface area contributed by atoms with Crippen LogP contribution in [0.15, 0.2) is 65.6 Å². The topological polar surface area (TPSA) is 96.0 Å². The molecule has 0 radical (unpaired) electrons. The molecule has 194 valence electrons. The van der Waals surface area contributed by atoms with Gasteiger partial charge in [-0.3, -0.25) is 9.59 Å². The molecule has 3 aromatic rings. The number of ether oxygens (including phenoxy) is 1. The predicted octanol–water partition coefficient (Wildman–Crippen LogP) is 4.16. The second kappa shape index (κ2) is 10.7. The maximum Gasteiger partial charge on any atom is 0.258 e. The van der Waals surface area contributed by atoms with Crippen LogP contribution in [0.4, 0.5) is 11.4 Å². The lowest BCUT2D eigenvalue weighted by molar-refractivity contribution is -0.116. The summed E-state index contributed by atoms with van der Waals surface area (Å²) in [5.74, 6) is 0.0763. The quantitative estimate of drug-likeness (QED) is 0.480. The van der Waals surface area contributed by atoms with Gasteiger partial charge in [0.2, 0.25) is 15.9 Å². The first-order valence-electron chi connectivity index (χ1n) is 12.1. The van der Waals surface area contributed by atoms with E-state index in [0.29, 0.717) is 35.5 Å². The monoisotopic (exact) mass is 521 g/mol. The highest BCUT2D eigenvalue weighted by Gasteiger charge is 2.28. The van der Waals surface area contributed by atoms with Crippen LogP contribution in [-0.2, 0) is 21.2 Å². The van der Waals surface area contributed by atoms with Crippen molar-refractivity contribution in [3.05, 3.63) is 82.9 Å². The molecule has 0 aromatic heterocycles. The van der Waals surface area contributed by atoms with Crippen LogP contribution in [0.2, 0.25) is 0 Å². The zero-order valence-electron chi connectivity index (χ0n) is 21.4. The fraction of sp³-hybridized carbons (Fsp3) is 0.286. The fourth-order valence-corrected chi connectivity index (χ4v) is 6.12. The van der Waals surface area contributed by atoms with Crippen LogP contribution in [0.25, 0.3) is 0 Å². The number of anilines is 2. The zero-order chi connectivity index (χ0) is 26.7. The molecule has 9 heteroatoms. The Bertz CT molecular complexity index is 1430. The number of amides is 2. The Kier molecular flexibility index (Phi) is 7.65. The lowest BCUT2D eigenvalue weighted by atomic mass is 10.1. The lowest BCUT2D eigenvalue weighted by Crippen LogP contribution is -2.38. The third-order valence-electron chi connectivity index (χ3n) is 6.48. The molecular weight excluding hydrogens is 490 g/mol. The molecule has 0 aliphatic carbocycles. The smallest absolute Gasteiger partial charge is 0.258 e. The molecule has 4 rings (SSSR count). The van der Waals surface area contributed by atoms with E-state index in [0.717, 1.165) is 21.1 Å². The number of hydrogen-bond acceptors (Lipinski definition) is 5. The van der Waals surface area contributed by atoms with Crippen molar-refractivity contribution in [2.45, 2.75) is 32.1 Å². The van der Waals surface area contributed by atoms with Gasteiger partial charge < -0.3 is 15.0 Å². The van der Waals surface area contributed by atoms with E-state index in [9.17, 15) is 18.0 Å². The number of rotatable bonds is 8. The van der Waals surface area contributed by atoms with Gasteiger partial charge in [-0.25, -0.2) is 8.42 Å². The Hall–Kier alpha value is -3.69. The summed E-state index contributed by atoms with van der Waals surface area (Å²) in [4.78, 5) is 27.9. The third kappa shape index (κ3) is 5.52. The van der Waals surface area contributed by atoms with Gasteiger partial charge in [0.1, 0.15) is 5.75 Å². The van der Waals surface area contributed by atoms with Crippen LogP contribution in [-0.4, -0.2) is 51.3 Å². The van der Waals surface area contributed by atoms with Gasteiger partial charge in [0.15, 0.2) is 0 Å². The van der Waals surface area contributed by atoms with Crippen molar-refractivity contribution in [1.29, 1.82) is 0 Å². The van der Waals surface area contributed by atoms with Gasteiger partial charge in [0.05, 0.1) is 18.6 Å². The molecule has 8 nitrogen and oxygen atoms in total. The predicted molar refractivity (Wildman–Crippen MR) is 144 cm³/mol. The summed E-state index contributed by atoms with van der Waals surface area (Å²) < 4.78 is 32.9. The van der Waals surface area contributed by atoms with E-state index in [1.54, 1.807) is 74.4 Å². The molecule has 1 aliphatic heterocycles. The van der Waals surface area contributed by atoms with Gasteiger partial charge in [0.25, 0.3) is 5.91 Å². The molecule has 0 bridgehead atoms. The second-order valence-corrected chi connectivity index (χ2v) is 10.9. The standard InChI is InChI=1S/C28H31N3O5S/c1-5-30(37(34,35)26-16-19(2)6-7-20(26)3)18-27(32)29-23-11-8-21-14-15-31(25(21)17-23)28(33)22-9-12-24(36-4)13-10-22/h6-13,16-17H,5,14-15,18H2,1-4H3,(H,29,32). The molecule has 1 aliphatic rings. The van der Waals surface area contributed by atoms with Gasteiger partial charge >= 0.3 is 0 Å². The normalized spacial score (nSPS) is 12.9. The molecule has 37 heavy (non-hydrogen) atoms. The number of likely N-dealkylation sites (N-methyl/N-ethyl adjacent to an activating group) is 1. The van der Waals surface area contributed by atoms with E-state index < -0.39 is 15.9 Å². The van der Waals surface area contributed by atoms with Crippen molar-refractivity contribution in [3.63, 3.8) is 0 Å². The number of benzene rings is 3. The van der Waals surface area contributed by atoms with E-state index in [4.69, 9.17) is 4.74 Å². The third-order valence-corrected chi connectivity index (χ3v) is 8.54. The average molecular weight is 522 g/mol. The lowest BCUT2D eigenvalue weighted by Gasteiger charge is -2.22. The number of sulfonamides is 1. The highest BCUT2D eigenvalue weighted by Crippen LogP contribution is 2.32. The van der Waals surface area contributed by atoms with E-state index in [1.807, 2.05) is 19.1 Å². The first kappa shape index (κ1) is 26.4. The first-order chi connectivity index (χ1) is 17.6. The molecule has 1 N–H and O–H groups in total. The van der Waals surface area contributed by atoms with Crippen LogP contribution >= 0.6 is 0 Å². The zero-order valence-corrected chi connectivity index (χ0v) is 22.3. The molecule has 1 heterocycles. The molecule has 0 saturated heterocycles. The highest BCUT2D eigenvalue weighted by molar-refractivity contribution is 7.89. The van der Waals surface area contributed by atoms with Crippen LogP contribution < -0.4 is 15.0 Å². The minimum Gasteiger partial charge on any atom is -0.497 e. The maximum atomic E-state index is 13.3. The summed E-state index contributed by atoms with van der Waals surface area (Å²) in [7, 11) is -2.27. The molecule has 3 aromatic carbocycles. The average Bonchev–Trinajstić information content (AvgIpc) is 3.31. The van der Waals surface area contributed by atoms with E-state index in [-0.39, 0.29) is 23.9 Å². The molecular formula is C28H31N3O5S. The number of carbonyl (C=O) groups is 2. The second-order valence-electron chi connectivity index (χ2n) is 9.03. The minimum atomic E-state index is -3.85. The van der Waals surface area contributed by atoms with Crippen LogP contribution in [0.3, 0.4) is 0 Å². The Balaban J connectivity index is 1.50. The van der Waals surface area contributed by atoms with E-state index in [2.05, 4.69) is 5.32 Å². The number of methoxy groups -OCH3 is 1. The highest BCUT2D eigenvalue weighted by atomic mass is 32.2. The molecule has 0 atom stereocenters. The summed E-state index contributed by atoms with van der Waals surface area (Å²) in [5, 5.41) is 2.80. The summed E-state index contributed by atoms with van der Waals surface area (Å²) in [6.45, 7) is 5.64. The number of fused-ring (bicyclic) bond motifs is 1. The van der Waals surface area contributed by atoms with Crippen LogP contribution in [0, 0.1) is 13.8 Å². The van der Waals surface area contributed by atoms with Crippen LogP contribution in [0.5, 0.6) is 5.75 Å². The number of hydrogen-bond donors (Lipinski definition) is 1. The van der Waals surface area contributed by atoms with E-state index >= 15 is 0 Å². The summed E-state index contributed by atoms with van der Waals surface area (Å²) >= 11 is 0. The Morgan fingerprint density at radius 2 is 1.76 bits per heavy atom. The number of nitrogens with one attached hydrogen (secondary N) is 1.